The Kier molecular flexibility index (Phi) is 3.92. The van der Waals surface area contributed by atoms with Crippen LogP contribution in [0.25, 0.3) is 0 Å². The van der Waals surface area contributed by atoms with Crippen molar-refractivity contribution in [1.29, 1.82) is 0 Å². The molecule has 1 aromatic carbocycles. The van der Waals surface area contributed by atoms with Crippen molar-refractivity contribution in [2.45, 2.75) is 18.9 Å². The molecule has 5 heteroatoms. The number of methoxy groups -OCH3 is 1. The zero-order valence-electron chi connectivity index (χ0n) is 9.33. The second-order valence-electron chi connectivity index (χ2n) is 3.83. The molecule has 0 aromatic heterocycles. The van der Waals surface area contributed by atoms with Gasteiger partial charge in [0.1, 0.15) is 11.9 Å². The summed E-state index contributed by atoms with van der Waals surface area (Å²) in [7, 11) is 1.50. The molecule has 3 nitrogen and oxygen atoms in total. The molecule has 17 heavy (non-hydrogen) atoms. The molecule has 1 fully saturated rings. The molecular weight excluding hydrogens is 263 g/mol. The number of carbonyl (C=O) groups excluding carboxylic acids is 1. The van der Waals surface area contributed by atoms with Crippen LogP contribution in [0.1, 0.15) is 23.2 Å². The number of rotatable bonds is 3. The molecule has 1 unspecified atom stereocenters. The Morgan fingerprint density at radius 2 is 2.18 bits per heavy atom. The Hall–Kier alpha value is -0.770. The number of hydrogen-bond donors (Lipinski definition) is 0. The number of benzene rings is 1. The Labute approximate surface area is 110 Å². The third-order valence-electron chi connectivity index (χ3n) is 2.73. The first-order valence-corrected chi connectivity index (χ1v) is 6.08. The molecule has 0 bridgehead atoms. The zero-order valence-corrected chi connectivity index (χ0v) is 10.8. The Morgan fingerprint density at radius 3 is 2.76 bits per heavy atom. The number of ether oxygens (including phenoxy) is 2. The molecule has 1 heterocycles. The maximum Gasteiger partial charge on any atom is 0.193 e. The lowest BCUT2D eigenvalue weighted by molar-refractivity contribution is 0.0643. The van der Waals surface area contributed by atoms with Crippen molar-refractivity contribution in [3.63, 3.8) is 0 Å². The van der Waals surface area contributed by atoms with Crippen LogP contribution in [0.2, 0.25) is 10.0 Å². The van der Waals surface area contributed by atoms with Crippen molar-refractivity contribution in [1.82, 2.24) is 0 Å². The molecule has 0 N–H and O–H groups in total. The van der Waals surface area contributed by atoms with Crippen molar-refractivity contribution < 1.29 is 14.3 Å². The molecule has 1 aliphatic heterocycles. The number of Topliss-reactive ketones (excluding diaryl/α,β-unsaturated/α-hetero) is 1. The second kappa shape index (κ2) is 5.25. The first kappa shape index (κ1) is 12.7. The average molecular weight is 275 g/mol. The monoisotopic (exact) mass is 274 g/mol. The van der Waals surface area contributed by atoms with E-state index in [1.165, 1.54) is 13.2 Å². The van der Waals surface area contributed by atoms with Crippen LogP contribution in [-0.4, -0.2) is 25.6 Å². The minimum absolute atomic E-state index is 0.114. The Morgan fingerprint density at radius 1 is 1.41 bits per heavy atom. The largest absolute Gasteiger partial charge is 0.495 e. The maximum absolute atomic E-state index is 12.1. The molecule has 92 valence electrons. The summed E-state index contributed by atoms with van der Waals surface area (Å²) in [6.07, 6.45) is 1.24. The lowest BCUT2D eigenvalue weighted by Crippen LogP contribution is -2.19. The van der Waals surface area contributed by atoms with E-state index < -0.39 is 6.10 Å². The van der Waals surface area contributed by atoms with Gasteiger partial charge in [-0.25, -0.2) is 0 Å². The third kappa shape index (κ3) is 2.57. The second-order valence-corrected chi connectivity index (χ2v) is 4.65. The minimum atomic E-state index is -0.392. The molecule has 0 radical (unpaired) electrons. The first-order chi connectivity index (χ1) is 8.13. The fraction of sp³-hybridized carbons (Fsp3) is 0.417. The molecule has 0 aliphatic carbocycles. The van der Waals surface area contributed by atoms with Crippen LogP contribution in [0.3, 0.4) is 0 Å². The van der Waals surface area contributed by atoms with E-state index in [-0.39, 0.29) is 5.78 Å². The highest BCUT2D eigenvalue weighted by molar-refractivity contribution is 6.37. The van der Waals surface area contributed by atoms with Crippen molar-refractivity contribution in [2.24, 2.45) is 0 Å². The number of hydrogen-bond acceptors (Lipinski definition) is 3. The van der Waals surface area contributed by atoms with Crippen LogP contribution in [0.4, 0.5) is 0 Å². The smallest absolute Gasteiger partial charge is 0.193 e. The van der Waals surface area contributed by atoms with Crippen molar-refractivity contribution in [2.75, 3.05) is 13.7 Å². The Balaban J connectivity index is 2.31. The predicted molar refractivity (Wildman–Crippen MR) is 66.3 cm³/mol. The van der Waals surface area contributed by atoms with Gasteiger partial charge in [0, 0.05) is 18.2 Å². The maximum atomic E-state index is 12.1. The molecule has 1 aliphatic rings. The summed E-state index contributed by atoms with van der Waals surface area (Å²) in [4.78, 5) is 12.1. The zero-order chi connectivity index (χ0) is 12.4. The summed E-state index contributed by atoms with van der Waals surface area (Å²) in [5.74, 6) is 0.345. The highest BCUT2D eigenvalue weighted by atomic mass is 35.5. The van der Waals surface area contributed by atoms with Crippen LogP contribution in [0.15, 0.2) is 12.1 Å². The van der Waals surface area contributed by atoms with Gasteiger partial charge >= 0.3 is 0 Å². The van der Waals surface area contributed by atoms with E-state index in [2.05, 4.69) is 0 Å². The number of carbonyl (C=O) groups is 1. The normalized spacial score (nSPS) is 19.4. The summed E-state index contributed by atoms with van der Waals surface area (Å²) >= 11 is 12.0. The van der Waals surface area contributed by atoms with E-state index in [0.717, 1.165) is 12.8 Å². The van der Waals surface area contributed by atoms with Crippen LogP contribution >= 0.6 is 23.2 Å². The lowest BCUT2D eigenvalue weighted by atomic mass is 10.0. The van der Waals surface area contributed by atoms with E-state index in [0.29, 0.717) is 28.0 Å². The van der Waals surface area contributed by atoms with Gasteiger partial charge in [-0.1, -0.05) is 23.2 Å². The average Bonchev–Trinajstić information content (AvgIpc) is 2.84. The summed E-state index contributed by atoms with van der Waals surface area (Å²) in [6.45, 7) is 0.623. The van der Waals surface area contributed by atoms with Gasteiger partial charge in [-0.05, 0) is 18.9 Å². The number of halogens is 2. The van der Waals surface area contributed by atoms with Gasteiger partial charge in [0.25, 0.3) is 0 Å². The van der Waals surface area contributed by atoms with E-state index >= 15 is 0 Å². The SMILES string of the molecule is COc1cc(Cl)c(C(=O)C2CCCO2)cc1Cl. The Bertz CT molecular complexity index is 440. The molecule has 1 aromatic rings. The van der Waals surface area contributed by atoms with Crippen LogP contribution in [0, 0.1) is 0 Å². The first-order valence-electron chi connectivity index (χ1n) is 5.32. The summed E-state index contributed by atoms with van der Waals surface area (Å²) in [5.41, 5.74) is 0.393. The van der Waals surface area contributed by atoms with Crippen LogP contribution < -0.4 is 4.74 Å². The van der Waals surface area contributed by atoms with E-state index in [1.807, 2.05) is 0 Å². The summed E-state index contributed by atoms with van der Waals surface area (Å²) in [6, 6.07) is 3.08. The lowest BCUT2D eigenvalue weighted by Gasteiger charge is -2.11. The molecule has 0 spiro atoms. The fourth-order valence-electron chi connectivity index (χ4n) is 1.83. The van der Waals surface area contributed by atoms with E-state index in [4.69, 9.17) is 32.7 Å². The van der Waals surface area contributed by atoms with Crippen molar-refractivity contribution in [3.8, 4) is 5.75 Å². The van der Waals surface area contributed by atoms with Crippen molar-refractivity contribution >= 4 is 29.0 Å². The topological polar surface area (TPSA) is 35.5 Å². The molecule has 0 amide bonds. The third-order valence-corrected chi connectivity index (χ3v) is 3.34. The minimum Gasteiger partial charge on any atom is -0.495 e. The van der Waals surface area contributed by atoms with E-state index in [9.17, 15) is 4.79 Å². The van der Waals surface area contributed by atoms with Crippen LogP contribution in [0.5, 0.6) is 5.75 Å². The molecule has 1 saturated heterocycles. The highest BCUT2D eigenvalue weighted by Gasteiger charge is 2.27. The van der Waals surface area contributed by atoms with Gasteiger partial charge in [-0.15, -0.1) is 0 Å². The van der Waals surface area contributed by atoms with Crippen molar-refractivity contribution in [3.05, 3.63) is 27.7 Å². The molecule has 0 saturated carbocycles. The summed E-state index contributed by atoms with van der Waals surface area (Å²) < 4.78 is 10.4. The van der Waals surface area contributed by atoms with Gasteiger partial charge in [-0.3, -0.25) is 4.79 Å². The van der Waals surface area contributed by atoms with Crippen LogP contribution in [-0.2, 0) is 4.74 Å². The van der Waals surface area contributed by atoms with E-state index in [1.54, 1.807) is 6.07 Å². The van der Waals surface area contributed by atoms with Gasteiger partial charge in [-0.2, -0.15) is 0 Å². The predicted octanol–water partition coefficient (Wildman–Crippen LogP) is 3.36. The molecular formula is C12H12Cl2O3. The highest BCUT2D eigenvalue weighted by Crippen LogP contribution is 2.32. The number of ketones is 1. The molecule has 2 rings (SSSR count). The molecule has 1 atom stereocenters. The van der Waals surface area contributed by atoms with Gasteiger partial charge in [0.05, 0.1) is 17.2 Å². The summed E-state index contributed by atoms with van der Waals surface area (Å²) in [5, 5.41) is 0.713. The van der Waals surface area contributed by atoms with Gasteiger partial charge in [0.2, 0.25) is 0 Å². The quantitative estimate of drug-likeness (QED) is 0.793. The van der Waals surface area contributed by atoms with Gasteiger partial charge < -0.3 is 9.47 Å². The standard InChI is InChI=1S/C12H12Cl2O3/c1-16-11-6-8(13)7(5-9(11)14)12(15)10-3-2-4-17-10/h5-6,10H,2-4H2,1H3. The van der Waals surface area contributed by atoms with Gasteiger partial charge in [0.15, 0.2) is 5.78 Å². The fourth-order valence-corrected chi connectivity index (χ4v) is 2.32.